The minimum absolute atomic E-state index is 0.358. The number of allylic oxidation sites excluding steroid dienone is 4. The fourth-order valence-electron chi connectivity index (χ4n) is 5.30. The molecule has 0 heterocycles. The molecule has 7 aliphatic carbocycles. The first-order valence-electron chi connectivity index (χ1n) is 10.7. The molecule has 0 saturated carbocycles. The molecule has 180 valence electrons. The molecular weight excluding hydrogens is 464 g/mol. The monoisotopic (exact) mass is 484 g/mol. The maximum absolute atomic E-state index is 15.6. The molecule has 6 bridgehead atoms. The molecule has 0 amide bonds. The van der Waals surface area contributed by atoms with Gasteiger partial charge in [0.15, 0.2) is 0 Å². The molecule has 8 heteroatoms. The van der Waals surface area contributed by atoms with Crippen molar-refractivity contribution >= 4 is 0 Å². The van der Waals surface area contributed by atoms with Crippen molar-refractivity contribution < 1.29 is 35.1 Å². The molecule has 0 nitrogen and oxygen atoms in total. The summed E-state index contributed by atoms with van der Waals surface area (Å²) < 4.78 is 123. The highest BCUT2D eigenvalue weighted by molar-refractivity contribution is 5.62. The van der Waals surface area contributed by atoms with E-state index in [2.05, 4.69) is 0 Å². The van der Waals surface area contributed by atoms with Gasteiger partial charge in [0.1, 0.15) is 0 Å². The largest absolute Gasteiger partial charge is 0.340 e. The number of benzene rings is 2. The number of rotatable bonds is 0. The Labute approximate surface area is 191 Å². The normalized spacial score (nSPS) is 27.1. The highest BCUT2D eigenvalue weighted by Crippen LogP contribution is 2.61. The van der Waals surface area contributed by atoms with Gasteiger partial charge in [0, 0.05) is 34.1 Å². The molecule has 0 spiro atoms. The zero-order valence-corrected chi connectivity index (χ0v) is 18.4. The summed E-state index contributed by atoms with van der Waals surface area (Å²) in [5, 5.41) is 0. The quantitative estimate of drug-likeness (QED) is 0.260. The maximum atomic E-state index is 15.6. The molecule has 0 fully saturated rings. The third-order valence-corrected chi connectivity index (χ3v) is 7.08. The van der Waals surface area contributed by atoms with Crippen molar-refractivity contribution in [3.05, 3.63) is 93.6 Å². The van der Waals surface area contributed by atoms with Gasteiger partial charge in [-0.15, -0.1) is 0 Å². The lowest BCUT2D eigenvalue weighted by Crippen LogP contribution is -2.42. The highest BCUT2D eigenvalue weighted by Gasteiger charge is 2.64. The Morgan fingerprint density at radius 1 is 0.588 bits per heavy atom. The molecule has 7 aliphatic rings. The summed E-state index contributed by atoms with van der Waals surface area (Å²) in [6, 6.07) is 2.36. The molecule has 34 heavy (non-hydrogen) atoms. The molecule has 0 N–H and O–H groups in total. The van der Waals surface area contributed by atoms with Crippen LogP contribution < -0.4 is 0 Å². The molecule has 2 aromatic carbocycles. The first-order valence-corrected chi connectivity index (χ1v) is 10.7. The number of alkyl halides is 8. The standard InChI is InChI=1S/C26H20F8/c1-22(2,3)19-12-13-4-9-16(19)21-18-11-10-17(20(13)21)25(31,32)23(27,28)14-5-7-15(8-6-14)24(29,30)26(18,33)34/h4-13,16H,1-3H3. The van der Waals surface area contributed by atoms with Crippen molar-refractivity contribution in [2.45, 2.75) is 56.3 Å². The highest BCUT2D eigenvalue weighted by atomic mass is 19.3. The molecule has 9 rings (SSSR count). The second kappa shape index (κ2) is 6.52. The van der Waals surface area contributed by atoms with Crippen LogP contribution in [-0.4, -0.2) is 0 Å². The topological polar surface area (TPSA) is 0 Å². The first-order chi connectivity index (χ1) is 15.5. The number of halogens is 8. The Bertz CT molecular complexity index is 1240. The van der Waals surface area contributed by atoms with Crippen LogP contribution in [0.5, 0.6) is 0 Å². The van der Waals surface area contributed by atoms with Gasteiger partial charge in [-0.25, -0.2) is 0 Å². The molecule has 2 aromatic rings. The third-order valence-electron chi connectivity index (χ3n) is 7.08. The van der Waals surface area contributed by atoms with Gasteiger partial charge >= 0.3 is 23.7 Å². The molecule has 2 atom stereocenters. The van der Waals surface area contributed by atoms with E-state index in [9.17, 15) is 0 Å². The van der Waals surface area contributed by atoms with Crippen LogP contribution in [0, 0.1) is 5.41 Å². The predicted molar refractivity (Wildman–Crippen MR) is 111 cm³/mol. The van der Waals surface area contributed by atoms with E-state index in [1.807, 2.05) is 0 Å². The number of hydrogen-bond donors (Lipinski definition) is 0. The van der Waals surface area contributed by atoms with Gasteiger partial charge in [0.2, 0.25) is 0 Å². The lowest BCUT2D eigenvalue weighted by atomic mass is 9.62. The van der Waals surface area contributed by atoms with E-state index in [1.165, 1.54) is 12.2 Å². The zero-order chi connectivity index (χ0) is 25.1. The van der Waals surface area contributed by atoms with Crippen molar-refractivity contribution in [1.29, 1.82) is 0 Å². The maximum Gasteiger partial charge on any atom is 0.340 e. The molecule has 0 saturated heterocycles. The van der Waals surface area contributed by atoms with E-state index in [4.69, 9.17) is 0 Å². The summed E-state index contributed by atoms with van der Waals surface area (Å²) in [6.45, 7) is 5.35. The van der Waals surface area contributed by atoms with Crippen LogP contribution in [0.25, 0.3) is 0 Å². The minimum Gasteiger partial charge on any atom is -0.194 e. The summed E-state index contributed by atoms with van der Waals surface area (Å²) in [5.41, 5.74) is -5.65. The van der Waals surface area contributed by atoms with Crippen LogP contribution in [0.3, 0.4) is 0 Å². The summed E-state index contributed by atoms with van der Waals surface area (Å²) in [5.74, 6) is -21.2. The molecule has 0 aromatic heterocycles. The van der Waals surface area contributed by atoms with Crippen LogP contribution in [0.4, 0.5) is 35.1 Å². The smallest absolute Gasteiger partial charge is 0.194 e. The fourth-order valence-corrected chi connectivity index (χ4v) is 5.30. The van der Waals surface area contributed by atoms with E-state index in [1.54, 1.807) is 26.8 Å². The average Bonchev–Trinajstić information content (AvgIpc) is 2.77. The van der Waals surface area contributed by atoms with E-state index >= 15 is 35.1 Å². The van der Waals surface area contributed by atoms with E-state index in [0.717, 1.165) is 0 Å². The van der Waals surface area contributed by atoms with Gasteiger partial charge in [-0.2, -0.15) is 35.1 Å². The molecule has 0 radical (unpaired) electrons. The Morgan fingerprint density at radius 3 is 1.47 bits per heavy atom. The summed E-state index contributed by atoms with van der Waals surface area (Å²) in [6.07, 6.45) is 4.56. The van der Waals surface area contributed by atoms with Crippen molar-refractivity contribution in [3.8, 4) is 0 Å². The second-order valence-electron chi connectivity index (χ2n) is 10.1. The van der Waals surface area contributed by atoms with Crippen LogP contribution in [0.1, 0.15) is 66.0 Å². The van der Waals surface area contributed by atoms with Crippen molar-refractivity contribution in [2.75, 3.05) is 0 Å². The first kappa shape index (κ1) is 23.1. The lowest BCUT2D eigenvalue weighted by molar-refractivity contribution is -0.228. The average molecular weight is 484 g/mol. The van der Waals surface area contributed by atoms with E-state index in [0.29, 0.717) is 42.0 Å². The predicted octanol–water partition coefficient (Wildman–Crippen LogP) is 8.49. The van der Waals surface area contributed by atoms with Gasteiger partial charge in [0.05, 0.1) is 0 Å². The van der Waals surface area contributed by atoms with Crippen LogP contribution in [0.15, 0.2) is 60.2 Å². The van der Waals surface area contributed by atoms with Gasteiger partial charge in [0.25, 0.3) is 0 Å². The van der Waals surface area contributed by atoms with Gasteiger partial charge in [-0.05, 0) is 16.5 Å². The zero-order valence-electron chi connectivity index (χ0n) is 18.4. The Balaban J connectivity index is 1.92. The van der Waals surface area contributed by atoms with Gasteiger partial charge < -0.3 is 0 Å². The number of hydrogen-bond acceptors (Lipinski definition) is 0. The molecule has 2 unspecified atom stereocenters. The van der Waals surface area contributed by atoms with E-state index in [-0.39, 0.29) is 0 Å². The van der Waals surface area contributed by atoms with Crippen LogP contribution in [0.2, 0.25) is 0 Å². The fraction of sp³-hybridized carbons (Fsp3) is 0.385. The van der Waals surface area contributed by atoms with Gasteiger partial charge in [-0.1, -0.05) is 81.0 Å². The molecule has 0 aliphatic heterocycles. The summed E-state index contributed by atoms with van der Waals surface area (Å²) >= 11 is 0. The minimum atomic E-state index is -4.79. The summed E-state index contributed by atoms with van der Waals surface area (Å²) in [4.78, 5) is 0. The Kier molecular flexibility index (Phi) is 4.43. The molecular formula is C26H20F8. The van der Waals surface area contributed by atoms with E-state index < -0.39 is 74.3 Å². The van der Waals surface area contributed by atoms with Crippen molar-refractivity contribution in [3.63, 3.8) is 0 Å². The lowest BCUT2D eigenvalue weighted by Gasteiger charge is -2.44. The van der Waals surface area contributed by atoms with Gasteiger partial charge in [-0.3, -0.25) is 0 Å². The van der Waals surface area contributed by atoms with Crippen LogP contribution in [-0.2, 0) is 23.7 Å². The third kappa shape index (κ3) is 2.71. The van der Waals surface area contributed by atoms with Crippen molar-refractivity contribution in [2.24, 2.45) is 5.41 Å². The SMILES string of the molecule is CC(C)(C)C1=CC2C=CC1c1c3ccc(c12)C(F)(F)C(F)(F)c1ccc(cc1)C(F)(F)C3(F)F. The Morgan fingerprint density at radius 2 is 1.03 bits per heavy atom. The second-order valence-corrected chi connectivity index (χ2v) is 10.1. The van der Waals surface area contributed by atoms with Crippen molar-refractivity contribution in [1.82, 2.24) is 0 Å². The summed E-state index contributed by atoms with van der Waals surface area (Å²) in [7, 11) is 0. The Hall–Kier alpha value is -2.64. The van der Waals surface area contributed by atoms with Crippen LogP contribution >= 0.6 is 0 Å².